The van der Waals surface area contributed by atoms with Crippen LogP contribution in [0, 0.1) is 0 Å². The van der Waals surface area contributed by atoms with E-state index in [0.29, 0.717) is 11.5 Å². The van der Waals surface area contributed by atoms with Crippen molar-refractivity contribution in [2.75, 3.05) is 5.32 Å². The Morgan fingerprint density at radius 3 is 2.72 bits per heavy atom. The van der Waals surface area contributed by atoms with Crippen LogP contribution < -0.4 is 5.32 Å². The van der Waals surface area contributed by atoms with Crippen molar-refractivity contribution in [3.05, 3.63) is 66.9 Å². The van der Waals surface area contributed by atoms with Crippen LogP contribution in [-0.2, 0) is 11.3 Å². The van der Waals surface area contributed by atoms with Crippen LogP contribution in [0.4, 0.5) is 5.69 Å². The van der Waals surface area contributed by atoms with Crippen molar-refractivity contribution in [2.45, 2.75) is 6.54 Å². The lowest BCUT2D eigenvalue weighted by Crippen LogP contribution is -2.20. The van der Waals surface area contributed by atoms with Gasteiger partial charge < -0.3 is 5.32 Å². The van der Waals surface area contributed by atoms with Gasteiger partial charge in [-0.25, -0.2) is 0 Å². The molecule has 0 bridgehead atoms. The molecular formula is C18H14N6O. The highest BCUT2D eigenvalue weighted by molar-refractivity contribution is 5.92. The second-order valence-corrected chi connectivity index (χ2v) is 5.47. The minimum absolute atomic E-state index is 0.0212. The van der Waals surface area contributed by atoms with E-state index in [9.17, 15) is 4.79 Å². The van der Waals surface area contributed by atoms with E-state index in [1.54, 1.807) is 6.20 Å². The van der Waals surface area contributed by atoms with E-state index in [0.717, 1.165) is 16.5 Å². The second kappa shape index (κ2) is 6.48. The summed E-state index contributed by atoms with van der Waals surface area (Å²) in [4.78, 5) is 17.8. The molecule has 0 aliphatic heterocycles. The summed E-state index contributed by atoms with van der Waals surface area (Å²) >= 11 is 0. The maximum Gasteiger partial charge on any atom is 0.248 e. The molecule has 25 heavy (non-hydrogen) atoms. The molecule has 2 aromatic heterocycles. The first kappa shape index (κ1) is 14.9. The van der Waals surface area contributed by atoms with Gasteiger partial charge in [0.1, 0.15) is 6.54 Å². The summed E-state index contributed by atoms with van der Waals surface area (Å²) in [6.07, 6.45) is 1.63. The average molecular weight is 330 g/mol. The van der Waals surface area contributed by atoms with Crippen molar-refractivity contribution in [3.8, 4) is 11.4 Å². The zero-order valence-corrected chi connectivity index (χ0v) is 13.2. The van der Waals surface area contributed by atoms with Crippen LogP contribution in [0.3, 0.4) is 0 Å². The molecule has 1 N–H and O–H groups in total. The summed E-state index contributed by atoms with van der Waals surface area (Å²) in [7, 11) is 0. The molecule has 7 heteroatoms. The Balaban J connectivity index is 1.46. The molecule has 0 atom stereocenters. The highest BCUT2D eigenvalue weighted by atomic mass is 16.2. The van der Waals surface area contributed by atoms with E-state index in [1.807, 2.05) is 60.7 Å². The number of benzene rings is 2. The van der Waals surface area contributed by atoms with Gasteiger partial charge in [-0.2, -0.15) is 4.80 Å². The predicted octanol–water partition coefficient (Wildman–Crippen LogP) is 2.53. The lowest BCUT2D eigenvalue weighted by molar-refractivity contribution is -0.117. The quantitative estimate of drug-likeness (QED) is 0.621. The van der Waals surface area contributed by atoms with E-state index >= 15 is 0 Å². The highest BCUT2D eigenvalue weighted by Gasteiger charge is 2.09. The minimum Gasteiger partial charge on any atom is -0.323 e. The Morgan fingerprint density at radius 1 is 1.04 bits per heavy atom. The Bertz CT molecular complexity index is 1030. The Morgan fingerprint density at radius 2 is 1.84 bits per heavy atom. The highest BCUT2D eigenvalue weighted by Crippen LogP contribution is 2.16. The van der Waals surface area contributed by atoms with E-state index in [-0.39, 0.29) is 12.5 Å². The van der Waals surface area contributed by atoms with Crippen molar-refractivity contribution < 1.29 is 4.79 Å². The lowest BCUT2D eigenvalue weighted by Gasteiger charge is -2.05. The predicted molar refractivity (Wildman–Crippen MR) is 93.6 cm³/mol. The standard InChI is InChI=1S/C18H14N6O/c25-17(20-15-10-14-8-4-5-9-16(14)19-11-15)12-24-22-18(21-23-24)13-6-2-1-3-7-13/h1-11H,12H2,(H,20,25). The number of amides is 1. The summed E-state index contributed by atoms with van der Waals surface area (Å²) in [5.41, 5.74) is 2.37. The van der Waals surface area contributed by atoms with E-state index in [1.165, 1.54) is 4.80 Å². The van der Waals surface area contributed by atoms with Gasteiger partial charge in [0, 0.05) is 10.9 Å². The monoisotopic (exact) mass is 330 g/mol. The molecule has 0 spiro atoms. The van der Waals surface area contributed by atoms with Crippen molar-refractivity contribution in [2.24, 2.45) is 0 Å². The first-order valence-electron chi connectivity index (χ1n) is 7.76. The number of carbonyl (C=O) groups is 1. The number of hydrogen-bond donors (Lipinski definition) is 1. The SMILES string of the molecule is O=C(Cn1nnc(-c2ccccc2)n1)Nc1cnc2ccccc2c1. The molecule has 4 aromatic rings. The third-order valence-electron chi connectivity index (χ3n) is 3.64. The van der Waals surface area contributed by atoms with Gasteiger partial charge in [0.05, 0.1) is 17.4 Å². The van der Waals surface area contributed by atoms with Gasteiger partial charge >= 0.3 is 0 Å². The fraction of sp³-hybridized carbons (Fsp3) is 0.0556. The number of tetrazole rings is 1. The van der Waals surface area contributed by atoms with Gasteiger partial charge in [0.25, 0.3) is 0 Å². The summed E-state index contributed by atoms with van der Waals surface area (Å²) < 4.78 is 0. The van der Waals surface area contributed by atoms with Crippen LogP contribution in [0.25, 0.3) is 22.3 Å². The molecule has 1 amide bonds. The Labute approximate surface area is 143 Å². The van der Waals surface area contributed by atoms with Crippen LogP contribution in [0.1, 0.15) is 0 Å². The van der Waals surface area contributed by atoms with Crippen molar-refractivity contribution in [3.63, 3.8) is 0 Å². The van der Waals surface area contributed by atoms with Gasteiger partial charge in [-0.1, -0.05) is 48.5 Å². The molecule has 0 saturated carbocycles. The summed E-state index contributed by atoms with van der Waals surface area (Å²) in [5.74, 6) is 0.245. The molecule has 4 rings (SSSR count). The van der Waals surface area contributed by atoms with Crippen LogP contribution >= 0.6 is 0 Å². The van der Waals surface area contributed by atoms with Crippen LogP contribution in [0.5, 0.6) is 0 Å². The van der Waals surface area contributed by atoms with Crippen LogP contribution in [0.2, 0.25) is 0 Å². The largest absolute Gasteiger partial charge is 0.323 e. The summed E-state index contributed by atoms with van der Waals surface area (Å²) in [6.45, 7) is -0.0212. The number of hydrogen-bond acceptors (Lipinski definition) is 5. The molecule has 0 aliphatic rings. The molecule has 122 valence electrons. The second-order valence-electron chi connectivity index (χ2n) is 5.47. The molecule has 2 aromatic carbocycles. The fourth-order valence-corrected chi connectivity index (χ4v) is 2.48. The van der Waals surface area contributed by atoms with Gasteiger partial charge in [0.15, 0.2) is 0 Å². The summed E-state index contributed by atoms with van der Waals surface area (Å²) in [5, 5.41) is 15.9. The number of nitrogens with zero attached hydrogens (tertiary/aromatic N) is 5. The molecule has 0 fully saturated rings. The van der Waals surface area contributed by atoms with Crippen molar-refractivity contribution >= 4 is 22.5 Å². The Hall–Kier alpha value is -3.61. The zero-order chi connectivity index (χ0) is 17.1. The first-order valence-corrected chi connectivity index (χ1v) is 7.76. The molecule has 2 heterocycles. The molecule has 0 saturated heterocycles. The number of anilines is 1. The maximum atomic E-state index is 12.2. The molecule has 7 nitrogen and oxygen atoms in total. The number of pyridine rings is 1. The average Bonchev–Trinajstić information content (AvgIpc) is 3.10. The van der Waals surface area contributed by atoms with Crippen LogP contribution in [0.15, 0.2) is 66.9 Å². The van der Waals surface area contributed by atoms with E-state index < -0.39 is 0 Å². The number of aromatic nitrogens is 5. The van der Waals surface area contributed by atoms with Gasteiger partial charge in [0.2, 0.25) is 11.7 Å². The topological polar surface area (TPSA) is 85.6 Å². The number of carbonyl (C=O) groups excluding carboxylic acids is 1. The van der Waals surface area contributed by atoms with E-state index in [2.05, 4.69) is 25.7 Å². The van der Waals surface area contributed by atoms with Crippen LogP contribution in [-0.4, -0.2) is 31.1 Å². The van der Waals surface area contributed by atoms with E-state index in [4.69, 9.17) is 0 Å². The zero-order valence-electron chi connectivity index (χ0n) is 13.2. The third-order valence-corrected chi connectivity index (χ3v) is 3.64. The molecule has 0 unspecified atom stereocenters. The van der Waals surface area contributed by atoms with Crippen molar-refractivity contribution in [1.82, 2.24) is 25.2 Å². The third kappa shape index (κ3) is 3.35. The fourth-order valence-electron chi connectivity index (χ4n) is 2.48. The molecule has 0 radical (unpaired) electrons. The smallest absolute Gasteiger partial charge is 0.248 e. The maximum absolute atomic E-state index is 12.2. The molecule has 0 aliphatic carbocycles. The lowest BCUT2D eigenvalue weighted by atomic mass is 10.2. The number of nitrogens with one attached hydrogen (secondary N) is 1. The van der Waals surface area contributed by atoms with Gasteiger partial charge in [-0.05, 0) is 17.3 Å². The number of fused-ring (bicyclic) bond motifs is 1. The number of rotatable bonds is 4. The van der Waals surface area contributed by atoms with Gasteiger partial charge in [-0.3, -0.25) is 9.78 Å². The van der Waals surface area contributed by atoms with Crippen molar-refractivity contribution in [1.29, 1.82) is 0 Å². The minimum atomic E-state index is -0.242. The van der Waals surface area contributed by atoms with Gasteiger partial charge in [-0.15, -0.1) is 10.2 Å². The normalized spacial score (nSPS) is 10.7. The Kier molecular flexibility index (Phi) is 3.88. The number of para-hydroxylation sites is 1. The summed E-state index contributed by atoms with van der Waals surface area (Å²) in [6, 6.07) is 19.1. The first-order chi connectivity index (χ1) is 12.3. The molecular weight excluding hydrogens is 316 g/mol.